The van der Waals surface area contributed by atoms with Crippen molar-refractivity contribution in [3.8, 4) is 5.75 Å². The number of hydrogen-bond acceptors (Lipinski definition) is 2. The zero-order chi connectivity index (χ0) is 15.4. The zero-order valence-electron chi connectivity index (χ0n) is 12.9. The lowest BCUT2D eigenvalue weighted by Crippen LogP contribution is -2.30. The van der Waals surface area contributed by atoms with Gasteiger partial charge in [-0.2, -0.15) is 0 Å². The van der Waals surface area contributed by atoms with Crippen LogP contribution in [0.2, 0.25) is 0 Å². The van der Waals surface area contributed by atoms with Crippen LogP contribution in [0.1, 0.15) is 23.6 Å². The molecule has 1 amide bonds. The van der Waals surface area contributed by atoms with Crippen LogP contribution in [0.15, 0.2) is 42.5 Å². The second-order valence-electron chi connectivity index (χ2n) is 5.31. The lowest BCUT2D eigenvalue weighted by atomic mass is 10.1. The third-order valence-corrected chi connectivity index (χ3v) is 3.55. The Morgan fingerprint density at radius 2 is 1.71 bits per heavy atom. The van der Waals surface area contributed by atoms with E-state index in [4.69, 9.17) is 4.74 Å². The van der Waals surface area contributed by atoms with Gasteiger partial charge in [0.15, 0.2) is 6.10 Å². The molecular weight excluding hydrogens is 262 g/mol. The molecule has 0 fully saturated rings. The Bertz CT molecular complexity index is 632. The predicted molar refractivity (Wildman–Crippen MR) is 85.8 cm³/mol. The standard InChI is InChI=1S/C18H21NO2/c1-12-8-10-16(11-9-12)19-18(20)15(4)21-17-7-5-6-13(2)14(17)3/h5-11,15H,1-4H3,(H,19,20). The Kier molecular flexibility index (Phi) is 4.63. The van der Waals surface area contributed by atoms with E-state index in [0.717, 1.165) is 28.1 Å². The lowest BCUT2D eigenvalue weighted by Gasteiger charge is -2.17. The molecule has 0 heterocycles. The number of hydrogen-bond donors (Lipinski definition) is 1. The third-order valence-electron chi connectivity index (χ3n) is 3.55. The van der Waals surface area contributed by atoms with Crippen LogP contribution in [-0.4, -0.2) is 12.0 Å². The van der Waals surface area contributed by atoms with E-state index in [1.165, 1.54) is 0 Å². The van der Waals surface area contributed by atoms with Crippen LogP contribution < -0.4 is 10.1 Å². The maximum Gasteiger partial charge on any atom is 0.265 e. The molecule has 0 aliphatic carbocycles. The van der Waals surface area contributed by atoms with Crippen molar-refractivity contribution in [2.75, 3.05) is 5.32 Å². The van der Waals surface area contributed by atoms with E-state index in [-0.39, 0.29) is 5.91 Å². The molecule has 0 spiro atoms. The minimum atomic E-state index is -0.549. The number of anilines is 1. The van der Waals surface area contributed by atoms with Gasteiger partial charge in [-0.05, 0) is 57.0 Å². The number of aryl methyl sites for hydroxylation is 2. The van der Waals surface area contributed by atoms with Crippen molar-refractivity contribution in [2.24, 2.45) is 0 Å². The monoisotopic (exact) mass is 283 g/mol. The fraction of sp³-hybridized carbons (Fsp3) is 0.278. The van der Waals surface area contributed by atoms with Gasteiger partial charge in [-0.3, -0.25) is 4.79 Å². The second-order valence-corrected chi connectivity index (χ2v) is 5.31. The van der Waals surface area contributed by atoms with E-state index in [1.807, 2.05) is 63.2 Å². The quantitative estimate of drug-likeness (QED) is 0.920. The molecular formula is C18H21NO2. The number of carbonyl (C=O) groups is 1. The summed E-state index contributed by atoms with van der Waals surface area (Å²) in [6, 6.07) is 13.5. The summed E-state index contributed by atoms with van der Waals surface area (Å²) in [6.45, 7) is 7.79. The molecule has 0 aliphatic rings. The number of amides is 1. The van der Waals surface area contributed by atoms with Crippen LogP contribution in [0.25, 0.3) is 0 Å². The van der Waals surface area contributed by atoms with Gasteiger partial charge < -0.3 is 10.1 Å². The molecule has 1 N–H and O–H groups in total. The largest absolute Gasteiger partial charge is 0.481 e. The lowest BCUT2D eigenvalue weighted by molar-refractivity contribution is -0.122. The first-order chi connectivity index (χ1) is 9.97. The molecule has 2 aromatic carbocycles. The van der Waals surface area contributed by atoms with Crippen LogP contribution in [0, 0.1) is 20.8 Å². The summed E-state index contributed by atoms with van der Waals surface area (Å²) in [5, 5.41) is 2.86. The van der Waals surface area contributed by atoms with Crippen LogP contribution in [0.5, 0.6) is 5.75 Å². The first-order valence-corrected chi connectivity index (χ1v) is 7.08. The first-order valence-electron chi connectivity index (χ1n) is 7.08. The molecule has 3 nitrogen and oxygen atoms in total. The van der Waals surface area contributed by atoms with Gasteiger partial charge in [0.25, 0.3) is 5.91 Å². The smallest absolute Gasteiger partial charge is 0.265 e. The predicted octanol–water partition coefficient (Wildman–Crippen LogP) is 4.02. The summed E-state index contributed by atoms with van der Waals surface area (Å²) in [4.78, 5) is 12.2. The van der Waals surface area contributed by atoms with E-state index in [2.05, 4.69) is 5.32 Å². The van der Waals surface area contributed by atoms with Crippen molar-refractivity contribution >= 4 is 11.6 Å². The molecule has 21 heavy (non-hydrogen) atoms. The Labute approximate surface area is 126 Å². The first kappa shape index (κ1) is 15.1. The summed E-state index contributed by atoms with van der Waals surface area (Å²) in [7, 11) is 0. The van der Waals surface area contributed by atoms with Crippen molar-refractivity contribution in [1.82, 2.24) is 0 Å². The molecule has 0 bridgehead atoms. The number of nitrogens with one attached hydrogen (secondary N) is 1. The number of ether oxygens (including phenoxy) is 1. The summed E-state index contributed by atoms with van der Waals surface area (Å²) >= 11 is 0. The minimum absolute atomic E-state index is 0.153. The topological polar surface area (TPSA) is 38.3 Å². The Morgan fingerprint density at radius 3 is 2.38 bits per heavy atom. The summed E-state index contributed by atoms with van der Waals surface area (Å²) in [6.07, 6.45) is -0.549. The highest BCUT2D eigenvalue weighted by molar-refractivity contribution is 5.94. The summed E-state index contributed by atoms with van der Waals surface area (Å²) in [5.41, 5.74) is 4.15. The Morgan fingerprint density at radius 1 is 1.05 bits per heavy atom. The molecule has 110 valence electrons. The van der Waals surface area contributed by atoms with Crippen molar-refractivity contribution in [3.63, 3.8) is 0 Å². The van der Waals surface area contributed by atoms with Gasteiger partial charge in [0.2, 0.25) is 0 Å². The summed E-state index contributed by atoms with van der Waals surface area (Å²) < 4.78 is 5.77. The Hall–Kier alpha value is -2.29. The molecule has 2 aromatic rings. The average molecular weight is 283 g/mol. The molecule has 3 heteroatoms. The van der Waals surface area contributed by atoms with Crippen molar-refractivity contribution < 1.29 is 9.53 Å². The van der Waals surface area contributed by atoms with Gasteiger partial charge in [0.05, 0.1) is 0 Å². The fourth-order valence-electron chi connectivity index (χ4n) is 1.98. The number of benzene rings is 2. The van der Waals surface area contributed by atoms with Crippen molar-refractivity contribution in [2.45, 2.75) is 33.8 Å². The van der Waals surface area contributed by atoms with Crippen molar-refractivity contribution in [3.05, 3.63) is 59.2 Å². The van der Waals surface area contributed by atoms with E-state index >= 15 is 0 Å². The molecule has 0 aliphatic heterocycles. The van der Waals surface area contributed by atoms with E-state index < -0.39 is 6.10 Å². The van der Waals surface area contributed by atoms with Gasteiger partial charge in [-0.1, -0.05) is 29.8 Å². The van der Waals surface area contributed by atoms with Gasteiger partial charge >= 0.3 is 0 Å². The van der Waals surface area contributed by atoms with Gasteiger partial charge in [0, 0.05) is 5.69 Å². The number of carbonyl (C=O) groups excluding carboxylic acids is 1. The van der Waals surface area contributed by atoms with E-state index in [1.54, 1.807) is 6.92 Å². The minimum Gasteiger partial charge on any atom is -0.481 e. The fourth-order valence-corrected chi connectivity index (χ4v) is 1.98. The highest BCUT2D eigenvalue weighted by atomic mass is 16.5. The van der Waals surface area contributed by atoms with Crippen LogP contribution in [0.3, 0.4) is 0 Å². The second kappa shape index (κ2) is 6.44. The van der Waals surface area contributed by atoms with Crippen LogP contribution >= 0.6 is 0 Å². The maximum absolute atomic E-state index is 12.2. The zero-order valence-corrected chi connectivity index (χ0v) is 12.9. The van der Waals surface area contributed by atoms with Gasteiger partial charge in [-0.15, -0.1) is 0 Å². The van der Waals surface area contributed by atoms with E-state index in [9.17, 15) is 4.79 Å². The SMILES string of the molecule is Cc1ccc(NC(=O)C(C)Oc2cccc(C)c2C)cc1. The van der Waals surface area contributed by atoms with E-state index in [0.29, 0.717) is 0 Å². The maximum atomic E-state index is 12.2. The average Bonchev–Trinajstić information content (AvgIpc) is 2.46. The highest BCUT2D eigenvalue weighted by Crippen LogP contribution is 2.22. The highest BCUT2D eigenvalue weighted by Gasteiger charge is 2.16. The molecule has 0 saturated carbocycles. The third kappa shape index (κ3) is 3.85. The van der Waals surface area contributed by atoms with Crippen LogP contribution in [0.4, 0.5) is 5.69 Å². The summed E-state index contributed by atoms with van der Waals surface area (Å²) in [5.74, 6) is 0.598. The number of rotatable bonds is 4. The normalized spacial score (nSPS) is 11.8. The van der Waals surface area contributed by atoms with Crippen molar-refractivity contribution in [1.29, 1.82) is 0 Å². The molecule has 2 rings (SSSR count). The van der Waals surface area contributed by atoms with Crippen LogP contribution in [-0.2, 0) is 4.79 Å². The molecule has 0 radical (unpaired) electrons. The molecule has 0 saturated heterocycles. The molecule has 0 aromatic heterocycles. The van der Waals surface area contributed by atoms with Gasteiger partial charge in [-0.25, -0.2) is 0 Å². The molecule has 1 atom stereocenters. The Balaban J connectivity index is 2.02. The van der Waals surface area contributed by atoms with Gasteiger partial charge in [0.1, 0.15) is 5.75 Å². The molecule has 1 unspecified atom stereocenters.